The van der Waals surface area contributed by atoms with Crippen LogP contribution >= 0.6 is 0 Å². The molecule has 122 valence electrons. The molecule has 24 heavy (non-hydrogen) atoms. The zero-order valence-corrected chi connectivity index (χ0v) is 12.4. The first kappa shape index (κ1) is 15.5. The van der Waals surface area contributed by atoms with Crippen molar-refractivity contribution in [3.8, 4) is 5.75 Å². The Kier molecular flexibility index (Phi) is 4.42. The van der Waals surface area contributed by atoms with Gasteiger partial charge in [0.05, 0.1) is 0 Å². The van der Waals surface area contributed by atoms with Gasteiger partial charge in [-0.05, 0) is 24.3 Å². The van der Waals surface area contributed by atoms with E-state index < -0.39 is 11.7 Å². The van der Waals surface area contributed by atoms with E-state index >= 15 is 0 Å². The van der Waals surface area contributed by atoms with Crippen LogP contribution in [0.2, 0.25) is 0 Å². The molecule has 0 unspecified atom stereocenters. The molecule has 0 saturated heterocycles. The predicted molar refractivity (Wildman–Crippen MR) is 84.5 cm³/mol. The second kappa shape index (κ2) is 6.82. The van der Waals surface area contributed by atoms with Gasteiger partial charge in [-0.1, -0.05) is 12.1 Å². The van der Waals surface area contributed by atoms with E-state index in [1.165, 1.54) is 36.7 Å². The predicted octanol–water partition coefficient (Wildman–Crippen LogP) is 2.94. The third kappa shape index (κ3) is 3.52. The van der Waals surface area contributed by atoms with Gasteiger partial charge < -0.3 is 19.5 Å². The van der Waals surface area contributed by atoms with Crippen LogP contribution in [0, 0.1) is 5.82 Å². The molecule has 7 heteroatoms. The van der Waals surface area contributed by atoms with Gasteiger partial charge in [0.1, 0.15) is 18.1 Å². The summed E-state index contributed by atoms with van der Waals surface area (Å²) in [5.41, 5.74) is -0.208. The van der Waals surface area contributed by atoms with Gasteiger partial charge in [-0.15, -0.1) is 0 Å². The van der Waals surface area contributed by atoms with Gasteiger partial charge in [-0.2, -0.15) is 0 Å². The molecule has 0 aliphatic rings. The summed E-state index contributed by atoms with van der Waals surface area (Å²) in [6.07, 6.45) is 2.84. The number of nitrogens with one attached hydrogen (secondary N) is 2. The number of para-hydroxylation sites is 1. The number of amides is 1. The first-order valence-electron chi connectivity index (χ1n) is 7.08. The highest BCUT2D eigenvalue weighted by atomic mass is 19.1. The highest BCUT2D eigenvalue weighted by molar-refractivity contribution is 6.02. The van der Waals surface area contributed by atoms with Crippen molar-refractivity contribution in [3.05, 3.63) is 82.4 Å². The van der Waals surface area contributed by atoms with Crippen molar-refractivity contribution in [1.82, 2.24) is 4.98 Å². The number of anilines is 1. The summed E-state index contributed by atoms with van der Waals surface area (Å²) in [4.78, 5) is 26.3. The molecule has 0 saturated carbocycles. The number of hydrogen-bond acceptors (Lipinski definition) is 4. The quantitative estimate of drug-likeness (QED) is 0.754. The van der Waals surface area contributed by atoms with E-state index in [0.29, 0.717) is 5.76 Å². The number of carbonyl (C=O) groups is 1. The molecular weight excluding hydrogens is 315 g/mol. The summed E-state index contributed by atoms with van der Waals surface area (Å²) in [6.45, 7) is -0.0276. The van der Waals surface area contributed by atoms with Crippen LogP contribution in [0.1, 0.15) is 16.3 Å². The molecule has 3 rings (SSSR count). The molecule has 0 radical (unpaired) electrons. The molecule has 2 heterocycles. The minimum absolute atomic E-state index is 0.0189. The molecule has 2 aromatic heterocycles. The molecule has 6 nitrogen and oxygen atoms in total. The number of aromatic nitrogens is 1. The lowest BCUT2D eigenvalue weighted by Crippen LogP contribution is -2.17. The Balaban J connectivity index is 1.65. The van der Waals surface area contributed by atoms with Gasteiger partial charge in [0.2, 0.25) is 5.43 Å². The van der Waals surface area contributed by atoms with Gasteiger partial charge in [0.15, 0.2) is 17.3 Å². The SMILES string of the molecule is O=C(Nc1c[nH]ccc1=O)c1ccc(COc2ccccc2F)o1. The molecule has 1 aromatic carbocycles. The Hall–Kier alpha value is -3.35. The van der Waals surface area contributed by atoms with Crippen LogP contribution in [0.15, 0.2) is 64.1 Å². The Labute approximate surface area is 135 Å². The number of benzene rings is 1. The van der Waals surface area contributed by atoms with Crippen LogP contribution in [0.25, 0.3) is 0 Å². The molecule has 2 N–H and O–H groups in total. The summed E-state index contributed by atoms with van der Waals surface area (Å²) in [5, 5.41) is 2.45. The zero-order chi connectivity index (χ0) is 16.9. The summed E-state index contributed by atoms with van der Waals surface area (Å²) in [6, 6.07) is 10.3. The highest BCUT2D eigenvalue weighted by Gasteiger charge is 2.13. The van der Waals surface area contributed by atoms with Crippen molar-refractivity contribution < 1.29 is 18.3 Å². The molecule has 0 spiro atoms. The molecule has 0 atom stereocenters. The van der Waals surface area contributed by atoms with E-state index in [9.17, 15) is 14.0 Å². The molecule has 0 fully saturated rings. The van der Waals surface area contributed by atoms with E-state index in [2.05, 4.69) is 10.3 Å². The van der Waals surface area contributed by atoms with Gasteiger partial charge in [-0.25, -0.2) is 4.39 Å². The van der Waals surface area contributed by atoms with Crippen LogP contribution in [-0.2, 0) is 6.61 Å². The maximum absolute atomic E-state index is 13.5. The van der Waals surface area contributed by atoms with Crippen molar-refractivity contribution in [2.75, 3.05) is 5.32 Å². The number of aromatic amines is 1. The number of pyridine rings is 1. The van der Waals surface area contributed by atoms with Crippen LogP contribution in [0.4, 0.5) is 10.1 Å². The van der Waals surface area contributed by atoms with Crippen molar-refractivity contribution in [1.29, 1.82) is 0 Å². The smallest absolute Gasteiger partial charge is 0.291 e. The fourth-order valence-corrected chi connectivity index (χ4v) is 1.99. The first-order chi connectivity index (χ1) is 11.6. The van der Waals surface area contributed by atoms with E-state index in [1.54, 1.807) is 18.2 Å². The first-order valence-corrected chi connectivity index (χ1v) is 7.08. The maximum atomic E-state index is 13.5. The van der Waals surface area contributed by atoms with Crippen LogP contribution in [0.3, 0.4) is 0 Å². The highest BCUT2D eigenvalue weighted by Crippen LogP contribution is 2.18. The number of hydrogen-bond donors (Lipinski definition) is 2. The van der Waals surface area contributed by atoms with Gasteiger partial charge in [-0.3, -0.25) is 9.59 Å². The monoisotopic (exact) mass is 328 g/mol. The van der Waals surface area contributed by atoms with Crippen LogP contribution in [-0.4, -0.2) is 10.9 Å². The number of rotatable bonds is 5. The lowest BCUT2D eigenvalue weighted by Gasteiger charge is -2.05. The molecule has 0 aliphatic heterocycles. The topological polar surface area (TPSA) is 84.3 Å². The summed E-state index contributed by atoms with van der Waals surface area (Å²) in [5.74, 6) is -0.583. The minimum Gasteiger partial charge on any atom is -0.483 e. The van der Waals surface area contributed by atoms with Crippen molar-refractivity contribution in [3.63, 3.8) is 0 Å². The lowest BCUT2D eigenvalue weighted by atomic mass is 10.3. The second-order valence-corrected chi connectivity index (χ2v) is 4.86. The average Bonchev–Trinajstić information content (AvgIpc) is 3.05. The van der Waals surface area contributed by atoms with Crippen molar-refractivity contribution >= 4 is 11.6 Å². The number of furan rings is 1. The lowest BCUT2D eigenvalue weighted by molar-refractivity contribution is 0.0992. The third-order valence-electron chi connectivity index (χ3n) is 3.16. The van der Waals surface area contributed by atoms with E-state index in [0.717, 1.165) is 0 Å². The number of halogens is 1. The van der Waals surface area contributed by atoms with Crippen LogP contribution < -0.4 is 15.5 Å². The Morgan fingerprint density at radius 2 is 2.04 bits per heavy atom. The molecule has 3 aromatic rings. The molecular formula is C17H13FN2O4. The fraction of sp³-hybridized carbons (Fsp3) is 0.0588. The largest absolute Gasteiger partial charge is 0.483 e. The normalized spacial score (nSPS) is 10.4. The van der Waals surface area contributed by atoms with E-state index in [4.69, 9.17) is 9.15 Å². The zero-order valence-electron chi connectivity index (χ0n) is 12.4. The molecule has 0 bridgehead atoms. The van der Waals surface area contributed by atoms with Crippen molar-refractivity contribution in [2.45, 2.75) is 6.61 Å². The fourth-order valence-electron chi connectivity index (χ4n) is 1.99. The number of H-pyrrole nitrogens is 1. The number of carbonyl (C=O) groups excluding carboxylic acids is 1. The Morgan fingerprint density at radius 3 is 2.83 bits per heavy atom. The Morgan fingerprint density at radius 1 is 1.21 bits per heavy atom. The number of ether oxygens (including phenoxy) is 1. The van der Waals surface area contributed by atoms with Gasteiger partial charge >= 0.3 is 0 Å². The van der Waals surface area contributed by atoms with E-state index in [-0.39, 0.29) is 29.2 Å². The van der Waals surface area contributed by atoms with Gasteiger partial charge in [0, 0.05) is 18.5 Å². The third-order valence-corrected chi connectivity index (χ3v) is 3.16. The molecule has 0 aliphatic carbocycles. The molecule has 1 amide bonds. The maximum Gasteiger partial charge on any atom is 0.291 e. The van der Waals surface area contributed by atoms with Crippen LogP contribution in [0.5, 0.6) is 5.75 Å². The summed E-state index contributed by atoms with van der Waals surface area (Å²) < 4.78 is 24.1. The average molecular weight is 328 g/mol. The van der Waals surface area contributed by atoms with Crippen molar-refractivity contribution in [2.24, 2.45) is 0 Å². The Bertz CT molecular complexity index is 916. The van der Waals surface area contributed by atoms with Gasteiger partial charge in [0.25, 0.3) is 5.91 Å². The second-order valence-electron chi connectivity index (χ2n) is 4.86. The summed E-state index contributed by atoms with van der Waals surface area (Å²) >= 11 is 0. The minimum atomic E-state index is -0.566. The van der Waals surface area contributed by atoms with E-state index in [1.807, 2.05) is 0 Å². The standard InChI is InChI=1S/C17H13FN2O4/c18-12-3-1-2-4-15(12)23-10-11-5-6-16(24-11)17(22)20-13-9-19-8-7-14(13)21/h1-9H,10H2,(H,19,21)(H,20,22). The summed E-state index contributed by atoms with van der Waals surface area (Å²) in [7, 11) is 0.